The summed E-state index contributed by atoms with van der Waals surface area (Å²) in [6.07, 6.45) is 1.91. The van der Waals surface area contributed by atoms with Crippen LogP contribution in [-0.4, -0.2) is 39.0 Å². The Bertz CT molecular complexity index is 800. The molecule has 2 rings (SSSR count). The molecule has 0 heterocycles. The lowest BCUT2D eigenvalue weighted by molar-refractivity contribution is 0.102. The van der Waals surface area contributed by atoms with Crippen LogP contribution in [0, 0.1) is 0 Å². The standard InChI is InChI=1S/C16H18N2O3S2/c1-18(2)23(20,21)13-10-8-12(9-11-13)17-16(19)14-6-4-5-7-15(14)22-3/h4-11H,1-3H3,(H,17,19). The van der Waals surface area contributed by atoms with E-state index in [0.717, 1.165) is 9.20 Å². The van der Waals surface area contributed by atoms with Crippen LogP contribution in [0.25, 0.3) is 0 Å². The highest BCUT2D eigenvalue weighted by Gasteiger charge is 2.17. The van der Waals surface area contributed by atoms with Crippen LogP contribution in [0.1, 0.15) is 10.4 Å². The van der Waals surface area contributed by atoms with Crippen LogP contribution >= 0.6 is 11.8 Å². The first-order valence-electron chi connectivity index (χ1n) is 6.83. The summed E-state index contributed by atoms with van der Waals surface area (Å²) in [5, 5.41) is 2.78. The maximum absolute atomic E-state index is 12.3. The van der Waals surface area contributed by atoms with Gasteiger partial charge in [-0.05, 0) is 42.7 Å². The molecule has 5 nitrogen and oxygen atoms in total. The Hall–Kier alpha value is -1.83. The van der Waals surface area contributed by atoms with Crippen molar-refractivity contribution in [3.8, 4) is 0 Å². The first kappa shape index (κ1) is 17.5. The molecule has 1 N–H and O–H groups in total. The Labute approximate surface area is 140 Å². The van der Waals surface area contributed by atoms with Crippen molar-refractivity contribution >= 4 is 33.4 Å². The first-order valence-corrected chi connectivity index (χ1v) is 9.49. The second-order valence-electron chi connectivity index (χ2n) is 4.97. The van der Waals surface area contributed by atoms with Crippen molar-refractivity contribution in [1.29, 1.82) is 0 Å². The number of anilines is 1. The van der Waals surface area contributed by atoms with E-state index in [2.05, 4.69) is 5.32 Å². The highest BCUT2D eigenvalue weighted by Crippen LogP contribution is 2.22. The number of thioether (sulfide) groups is 1. The summed E-state index contributed by atoms with van der Waals surface area (Å²) in [4.78, 5) is 13.4. The largest absolute Gasteiger partial charge is 0.322 e. The molecule has 0 aliphatic carbocycles. The van der Waals surface area contributed by atoms with E-state index in [1.165, 1.54) is 38.0 Å². The van der Waals surface area contributed by atoms with Crippen LogP contribution in [0.5, 0.6) is 0 Å². The monoisotopic (exact) mass is 350 g/mol. The van der Waals surface area contributed by atoms with Crippen molar-refractivity contribution in [1.82, 2.24) is 4.31 Å². The second-order valence-corrected chi connectivity index (χ2v) is 7.97. The number of rotatable bonds is 5. The number of nitrogens with one attached hydrogen (secondary N) is 1. The minimum absolute atomic E-state index is 0.185. The normalized spacial score (nSPS) is 11.5. The molecule has 0 atom stereocenters. The number of hydrogen-bond acceptors (Lipinski definition) is 4. The van der Waals surface area contributed by atoms with E-state index in [1.54, 1.807) is 24.3 Å². The van der Waals surface area contributed by atoms with Crippen molar-refractivity contribution in [2.45, 2.75) is 9.79 Å². The maximum atomic E-state index is 12.3. The van der Waals surface area contributed by atoms with Crippen molar-refractivity contribution in [2.75, 3.05) is 25.7 Å². The molecule has 122 valence electrons. The van der Waals surface area contributed by atoms with Crippen LogP contribution in [0.4, 0.5) is 5.69 Å². The smallest absolute Gasteiger partial charge is 0.256 e. The van der Waals surface area contributed by atoms with Gasteiger partial charge in [-0.1, -0.05) is 12.1 Å². The van der Waals surface area contributed by atoms with Gasteiger partial charge in [-0.3, -0.25) is 4.79 Å². The summed E-state index contributed by atoms with van der Waals surface area (Å²) in [5.41, 5.74) is 1.13. The third-order valence-corrected chi connectivity index (χ3v) is 5.87. The highest BCUT2D eigenvalue weighted by atomic mass is 32.2. The molecular weight excluding hydrogens is 332 g/mol. The molecule has 0 aliphatic heterocycles. The molecule has 2 aromatic carbocycles. The van der Waals surface area contributed by atoms with Gasteiger partial charge in [-0.15, -0.1) is 11.8 Å². The molecule has 0 saturated heterocycles. The predicted octanol–water partition coefficient (Wildman–Crippen LogP) is 2.91. The number of benzene rings is 2. The first-order chi connectivity index (χ1) is 10.9. The van der Waals surface area contributed by atoms with Gasteiger partial charge >= 0.3 is 0 Å². The van der Waals surface area contributed by atoms with E-state index in [-0.39, 0.29) is 10.8 Å². The maximum Gasteiger partial charge on any atom is 0.256 e. The van der Waals surface area contributed by atoms with Gasteiger partial charge in [-0.2, -0.15) is 0 Å². The second kappa shape index (κ2) is 7.16. The number of carbonyl (C=O) groups is 1. The molecule has 0 unspecified atom stereocenters. The molecule has 1 amide bonds. The molecule has 2 aromatic rings. The minimum atomic E-state index is -3.47. The van der Waals surface area contributed by atoms with Gasteiger partial charge in [0, 0.05) is 24.7 Å². The number of hydrogen-bond donors (Lipinski definition) is 1. The van der Waals surface area contributed by atoms with E-state index < -0.39 is 10.0 Å². The summed E-state index contributed by atoms with van der Waals surface area (Å²) < 4.78 is 25.2. The van der Waals surface area contributed by atoms with Gasteiger partial charge in [-0.25, -0.2) is 12.7 Å². The van der Waals surface area contributed by atoms with Crippen LogP contribution in [0.2, 0.25) is 0 Å². The van der Waals surface area contributed by atoms with E-state index in [9.17, 15) is 13.2 Å². The zero-order valence-electron chi connectivity index (χ0n) is 13.1. The van der Waals surface area contributed by atoms with Crippen LogP contribution < -0.4 is 5.32 Å². The third-order valence-electron chi connectivity index (χ3n) is 3.24. The summed E-state index contributed by atoms with van der Waals surface area (Å²) in [5.74, 6) is -0.224. The summed E-state index contributed by atoms with van der Waals surface area (Å²) in [6, 6.07) is 13.4. The van der Waals surface area contributed by atoms with Crippen LogP contribution in [0.15, 0.2) is 58.3 Å². The van der Waals surface area contributed by atoms with Crippen LogP contribution in [-0.2, 0) is 10.0 Å². The van der Waals surface area contributed by atoms with Crippen molar-refractivity contribution in [2.24, 2.45) is 0 Å². The van der Waals surface area contributed by atoms with Crippen molar-refractivity contribution < 1.29 is 13.2 Å². The Morgan fingerprint density at radius 3 is 2.22 bits per heavy atom. The average Bonchev–Trinajstić information content (AvgIpc) is 2.55. The van der Waals surface area contributed by atoms with Gasteiger partial charge in [0.15, 0.2) is 0 Å². The molecule has 0 saturated carbocycles. The molecule has 0 fully saturated rings. The summed E-state index contributed by atoms with van der Waals surface area (Å²) in [7, 11) is -0.515. The molecular formula is C16H18N2O3S2. The van der Waals surface area contributed by atoms with E-state index in [0.29, 0.717) is 11.3 Å². The molecule has 0 aromatic heterocycles. The summed E-state index contributed by atoms with van der Waals surface area (Å²) in [6.45, 7) is 0. The predicted molar refractivity (Wildman–Crippen MR) is 93.5 cm³/mol. The fraction of sp³-hybridized carbons (Fsp3) is 0.188. The Morgan fingerprint density at radius 2 is 1.65 bits per heavy atom. The molecule has 0 spiro atoms. The lowest BCUT2D eigenvalue weighted by Gasteiger charge is -2.12. The highest BCUT2D eigenvalue weighted by molar-refractivity contribution is 7.98. The fourth-order valence-corrected chi connectivity index (χ4v) is 3.45. The number of amides is 1. The third kappa shape index (κ3) is 3.93. The average molecular weight is 350 g/mol. The Kier molecular flexibility index (Phi) is 5.46. The van der Waals surface area contributed by atoms with E-state index in [1.807, 2.05) is 18.4 Å². The van der Waals surface area contributed by atoms with Gasteiger partial charge in [0.1, 0.15) is 0 Å². The molecule has 0 bridgehead atoms. The number of carbonyl (C=O) groups excluding carboxylic acids is 1. The molecule has 0 aliphatic rings. The van der Waals surface area contributed by atoms with Gasteiger partial charge < -0.3 is 5.32 Å². The van der Waals surface area contributed by atoms with Gasteiger partial charge in [0.05, 0.1) is 10.5 Å². The fourth-order valence-electron chi connectivity index (χ4n) is 1.95. The number of sulfonamides is 1. The SMILES string of the molecule is CSc1ccccc1C(=O)Nc1ccc(S(=O)(=O)N(C)C)cc1. The van der Waals surface area contributed by atoms with Gasteiger partial charge in [0.2, 0.25) is 10.0 Å². The Balaban J connectivity index is 2.20. The summed E-state index contributed by atoms with van der Waals surface area (Å²) >= 11 is 1.50. The van der Waals surface area contributed by atoms with Crippen molar-refractivity contribution in [3.63, 3.8) is 0 Å². The van der Waals surface area contributed by atoms with E-state index in [4.69, 9.17) is 0 Å². The molecule has 0 radical (unpaired) electrons. The quantitative estimate of drug-likeness (QED) is 0.842. The lowest BCUT2D eigenvalue weighted by atomic mass is 10.2. The zero-order valence-corrected chi connectivity index (χ0v) is 14.7. The molecule has 7 heteroatoms. The topological polar surface area (TPSA) is 66.5 Å². The van der Waals surface area contributed by atoms with Crippen molar-refractivity contribution in [3.05, 3.63) is 54.1 Å². The molecule has 23 heavy (non-hydrogen) atoms. The van der Waals surface area contributed by atoms with Crippen LogP contribution in [0.3, 0.4) is 0 Å². The van der Waals surface area contributed by atoms with E-state index >= 15 is 0 Å². The minimum Gasteiger partial charge on any atom is -0.322 e. The Morgan fingerprint density at radius 1 is 1.04 bits per heavy atom. The zero-order chi connectivity index (χ0) is 17.0. The lowest BCUT2D eigenvalue weighted by Crippen LogP contribution is -2.22. The van der Waals surface area contributed by atoms with Gasteiger partial charge in [0.25, 0.3) is 5.91 Å². The number of nitrogens with zero attached hydrogens (tertiary/aromatic N) is 1.